The van der Waals surface area contributed by atoms with E-state index in [0.29, 0.717) is 12.1 Å². The summed E-state index contributed by atoms with van der Waals surface area (Å²) in [6.07, 6.45) is 3.05. The molecule has 1 aliphatic rings. The Labute approximate surface area is 148 Å². The molecule has 0 spiro atoms. The average molecular weight is 356 g/mol. The van der Waals surface area contributed by atoms with Crippen molar-refractivity contribution in [3.8, 4) is 0 Å². The molecule has 0 aromatic heterocycles. The zero-order valence-electron chi connectivity index (χ0n) is 13.8. The van der Waals surface area contributed by atoms with Gasteiger partial charge >= 0.3 is 0 Å². The van der Waals surface area contributed by atoms with E-state index in [1.54, 1.807) is 35.2 Å². The highest BCUT2D eigenvalue weighted by Gasteiger charge is 2.25. The second kappa shape index (κ2) is 7.21. The molecule has 25 heavy (non-hydrogen) atoms. The van der Waals surface area contributed by atoms with E-state index in [2.05, 4.69) is 11.3 Å². The lowest BCUT2D eigenvalue weighted by Crippen LogP contribution is -2.35. The molecular weight excluding hydrogens is 336 g/mol. The number of amides is 1. The van der Waals surface area contributed by atoms with Crippen LogP contribution in [0.25, 0.3) is 0 Å². The van der Waals surface area contributed by atoms with Crippen molar-refractivity contribution in [2.24, 2.45) is 0 Å². The van der Waals surface area contributed by atoms with E-state index in [1.165, 1.54) is 6.08 Å². The molecule has 130 valence electrons. The van der Waals surface area contributed by atoms with Crippen molar-refractivity contribution in [1.82, 2.24) is 4.72 Å². The third-order valence-electron chi connectivity index (χ3n) is 4.16. The summed E-state index contributed by atoms with van der Waals surface area (Å²) in [5, 5.41) is 0. The third kappa shape index (κ3) is 3.65. The molecule has 0 atom stereocenters. The zero-order chi connectivity index (χ0) is 17.9. The number of carbonyl (C=O) groups excluding carboxylic acids is 1. The summed E-state index contributed by atoms with van der Waals surface area (Å²) in [4.78, 5) is 14.7. The van der Waals surface area contributed by atoms with Crippen LogP contribution >= 0.6 is 0 Å². The number of rotatable bonds is 5. The van der Waals surface area contributed by atoms with E-state index < -0.39 is 10.0 Å². The third-order valence-corrected chi connectivity index (χ3v) is 5.58. The molecule has 6 heteroatoms. The van der Waals surface area contributed by atoms with Gasteiger partial charge in [-0.3, -0.25) is 4.79 Å². The number of aryl methyl sites for hydroxylation is 1. The Bertz CT molecular complexity index is 892. The summed E-state index contributed by atoms with van der Waals surface area (Å²) in [6.45, 7) is 4.32. The maximum atomic E-state index is 12.8. The van der Waals surface area contributed by atoms with E-state index in [0.717, 1.165) is 24.1 Å². The van der Waals surface area contributed by atoms with Gasteiger partial charge in [-0.05, 0) is 48.7 Å². The lowest BCUT2D eigenvalue weighted by Gasteiger charge is -2.30. The fourth-order valence-electron chi connectivity index (χ4n) is 2.94. The molecule has 0 bridgehead atoms. The first-order chi connectivity index (χ1) is 12.0. The van der Waals surface area contributed by atoms with Gasteiger partial charge in [-0.25, -0.2) is 13.1 Å². The molecule has 1 heterocycles. The van der Waals surface area contributed by atoms with E-state index in [4.69, 9.17) is 0 Å². The van der Waals surface area contributed by atoms with Crippen molar-refractivity contribution < 1.29 is 13.2 Å². The Morgan fingerprint density at radius 3 is 2.68 bits per heavy atom. The average Bonchev–Trinajstić information content (AvgIpc) is 2.65. The summed E-state index contributed by atoms with van der Waals surface area (Å²) in [5.74, 6) is -0.0676. The first-order valence-corrected chi connectivity index (χ1v) is 9.61. The van der Waals surface area contributed by atoms with Gasteiger partial charge < -0.3 is 4.90 Å². The number of benzene rings is 2. The van der Waals surface area contributed by atoms with Gasteiger partial charge in [0.2, 0.25) is 10.0 Å². The summed E-state index contributed by atoms with van der Waals surface area (Å²) in [6, 6.07) is 14.0. The van der Waals surface area contributed by atoms with Gasteiger partial charge in [-0.15, -0.1) is 6.58 Å². The summed E-state index contributed by atoms with van der Waals surface area (Å²) in [7, 11) is -3.57. The number of fused-ring (bicyclic) bond motifs is 1. The van der Waals surface area contributed by atoms with Crippen molar-refractivity contribution >= 4 is 21.6 Å². The van der Waals surface area contributed by atoms with Crippen LogP contribution in [0.2, 0.25) is 0 Å². The minimum Gasteiger partial charge on any atom is -0.308 e. The highest BCUT2D eigenvalue weighted by atomic mass is 32.2. The molecule has 1 N–H and O–H groups in total. The first-order valence-electron chi connectivity index (χ1n) is 8.13. The SMILES string of the molecule is C=CCNS(=O)(=O)c1ccc2c(c1)CCCN2C(=O)c1ccccc1. The second-order valence-electron chi connectivity index (χ2n) is 5.86. The normalized spacial score (nSPS) is 14.0. The van der Waals surface area contributed by atoms with Crippen molar-refractivity contribution in [2.75, 3.05) is 18.0 Å². The van der Waals surface area contributed by atoms with Crippen LogP contribution in [0, 0.1) is 0 Å². The number of nitrogens with zero attached hydrogens (tertiary/aromatic N) is 1. The maximum Gasteiger partial charge on any atom is 0.258 e. The van der Waals surface area contributed by atoms with Gasteiger partial charge in [0.05, 0.1) is 4.90 Å². The fourth-order valence-corrected chi connectivity index (χ4v) is 3.99. The Hall–Kier alpha value is -2.44. The Balaban J connectivity index is 1.93. The molecule has 2 aromatic rings. The van der Waals surface area contributed by atoms with E-state index in [1.807, 2.05) is 18.2 Å². The highest BCUT2D eigenvalue weighted by Crippen LogP contribution is 2.30. The molecule has 1 amide bonds. The summed E-state index contributed by atoms with van der Waals surface area (Å²) >= 11 is 0. The number of hydrogen-bond acceptors (Lipinski definition) is 3. The van der Waals surface area contributed by atoms with Crippen LogP contribution in [0.1, 0.15) is 22.3 Å². The summed E-state index contributed by atoms with van der Waals surface area (Å²) in [5.41, 5.74) is 2.28. The van der Waals surface area contributed by atoms with Crippen LogP contribution in [-0.4, -0.2) is 27.4 Å². The number of hydrogen-bond donors (Lipinski definition) is 1. The lowest BCUT2D eigenvalue weighted by molar-refractivity contribution is 0.0985. The Kier molecular flexibility index (Phi) is 5.01. The van der Waals surface area contributed by atoms with Crippen LogP contribution in [0.15, 0.2) is 66.1 Å². The molecule has 0 aliphatic carbocycles. The number of anilines is 1. The minimum absolute atomic E-state index is 0.0676. The largest absolute Gasteiger partial charge is 0.308 e. The predicted molar refractivity (Wildman–Crippen MR) is 98.3 cm³/mol. The molecule has 0 unspecified atom stereocenters. The van der Waals surface area contributed by atoms with Crippen molar-refractivity contribution in [3.05, 3.63) is 72.3 Å². The number of nitrogens with one attached hydrogen (secondary N) is 1. The van der Waals surface area contributed by atoms with Gasteiger partial charge in [-0.1, -0.05) is 24.3 Å². The van der Waals surface area contributed by atoms with E-state index in [9.17, 15) is 13.2 Å². The quantitative estimate of drug-likeness (QED) is 0.838. The van der Waals surface area contributed by atoms with E-state index >= 15 is 0 Å². The molecular formula is C19H20N2O3S. The first kappa shape index (κ1) is 17.4. The van der Waals surface area contributed by atoms with E-state index in [-0.39, 0.29) is 17.3 Å². The van der Waals surface area contributed by atoms with Gasteiger partial charge in [0, 0.05) is 24.3 Å². The van der Waals surface area contributed by atoms with Gasteiger partial charge in [0.15, 0.2) is 0 Å². The summed E-state index contributed by atoms with van der Waals surface area (Å²) < 4.78 is 27.0. The lowest BCUT2D eigenvalue weighted by atomic mass is 10.0. The predicted octanol–water partition coefficient (Wildman–Crippen LogP) is 2.74. The molecule has 0 saturated carbocycles. The van der Waals surface area contributed by atoms with Crippen molar-refractivity contribution in [2.45, 2.75) is 17.7 Å². The fraction of sp³-hybridized carbons (Fsp3) is 0.211. The van der Waals surface area contributed by atoms with Gasteiger partial charge in [0.25, 0.3) is 5.91 Å². The maximum absolute atomic E-state index is 12.8. The molecule has 3 rings (SSSR count). The molecule has 0 radical (unpaired) electrons. The van der Waals surface area contributed by atoms with Crippen LogP contribution in [0.3, 0.4) is 0 Å². The zero-order valence-corrected chi connectivity index (χ0v) is 14.6. The second-order valence-corrected chi connectivity index (χ2v) is 7.62. The monoisotopic (exact) mass is 356 g/mol. The smallest absolute Gasteiger partial charge is 0.258 e. The van der Waals surface area contributed by atoms with Crippen LogP contribution in [0.5, 0.6) is 0 Å². The molecule has 2 aromatic carbocycles. The highest BCUT2D eigenvalue weighted by molar-refractivity contribution is 7.89. The minimum atomic E-state index is -3.57. The Morgan fingerprint density at radius 1 is 1.20 bits per heavy atom. The van der Waals surface area contributed by atoms with Crippen molar-refractivity contribution in [3.63, 3.8) is 0 Å². The van der Waals surface area contributed by atoms with Crippen molar-refractivity contribution in [1.29, 1.82) is 0 Å². The molecule has 5 nitrogen and oxygen atoms in total. The molecule has 0 saturated heterocycles. The number of carbonyl (C=O) groups is 1. The standard InChI is InChI=1S/C19H20N2O3S/c1-2-12-20-25(23,24)17-10-11-18-16(14-17)9-6-13-21(18)19(22)15-7-4-3-5-8-15/h2-5,7-8,10-11,14,20H,1,6,9,12-13H2. The van der Waals surface area contributed by atoms with Crippen LogP contribution < -0.4 is 9.62 Å². The molecule has 0 fully saturated rings. The van der Waals surface area contributed by atoms with Gasteiger partial charge in [-0.2, -0.15) is 0 Å². The van der Waals surface area contributed by atoms with Crippen LogP contribution in [-0.2, 0) is 16.4 Å². The van der Waals surface area contributed by atoms with Gasteiger partial charge in [0.1, 0.15) is 0 Å². The van der Waals surface area contributed by atoms with Crippen LogP contribution in [0.4, 0.5) is 5.69 Å². The number of sulfonamides is 1. The topological polar surface area (TPSA) is 66.5 Å². The Morgan fingerprint density at radius 2 is 1.96 bits per heavy atom. The molecule has 1 aliphatic heterocycles.